The molecular formula is C36H51NO11S. The molecule has 5 N–H and O–H groups in total. The average Bonchev–Trinajstić information content (AvgIpc) is 3.03. The average molecular weight is 706 g/mol. The summed E-state index contributed by atoms with van der Waals surface area (Å²) in [7, 11) is 0. The number of ether oxygens (including phenoxy) is 4. The van der Waals surface area contributed by atoms with Crippen LogP contribution in [-0.4, -0.2) is 105 Å². The van der Waals surface area contributed by atoms with Gasteiger partial charge < -0.3 is 44.7 Å². The summed E-state index contributed by atoms with van der Waals surface area (Å²) in [4.78, 5) is 41.0. The summed E-state index contributed by atoms with van der Waals surface area (Å²) >= 11 is 1.44. The lowest BCUT2D eigenvalue weighted by Crippen LogP contribution is -2.79. The van der Waals surface area contributed by atoms with Crippen molar-refractivity contribution in [2.75, 3.05) is 18.8 Å². The number of hydrogen-bond donors (Lipinski definition) is 5. The first-order valence-corrected chi connectivity index (χ1v) is 18.3. The molecule has 1 saturated heterocycles. The number of Topliss-reactive ketones (excluding diaryl/α,β-unsaturated/α-hetero) is 1. The SMILES string of the molecule is CSCOC1CC2OCC2(O)C2C(C)C3(O)CC(OC(=O)C(O)C(NC(=O)OC(C)C)c4ccccc4)C(C)=C(C(O)C(=O)[C@]12C)C3(C)C. The zero-order chi connectivity index (χ0) is 36.3. The Labute approximate surface area is 291 Å². The summed E-state index contributed by atoms with van der Waals surface area (Å²) in [5.41, 5.74) is -4.83. The van der Waals surface area contributed by atoms with Crippen molar-refractivity contribution in [1.82, 2.24) is 5.32 Å². The number of alkyl carbamates (subject to hydrolysis) is 1. The maximum atomic E-state index is 14.7. The van der Waals surface area contributed by atoms with Crippen molar-refractivity contribution >= 4 is 29.6 Å². The van der Waals surface area contributed by atoms with Crippen LogP contribution in [0.4, 0.5) is 4.79 Å². The molecule has 1 amide bonds. The molecule has 1 aliphatic heterocycles. The third-order valence-electron chi connectivity index (χ3n) is 11.8. The first-order valence-electron chi connectivity index (χ1n) is 16.9. The Morgan fingerprint density at radius 3 is 2.37 bits per heavy atom. The van der Waals surface area contributed by atoms with E-state index in [1.54, 1.807) is 78.8 Å². The molecule has 11 atom stereocenters. The van der Waals surface area contributed by atoms with Gasteiger partial charge in [-0.05, 0) is 56.6 Å². The lowest BCUT2D eigenvalue weighted by Gasteiger charge is -2.67. The minimum absolute atomic E-state index is 0.0448. The van der Waals surface area contributed by atoms with E-state index in [1.165, 1.54) is 11.8 Å². The van der Waals surface area contributed by atoms with E-state index in [4.69, 9.17) is 18.9 Å². The molecule has 49 heavy (non-hydrogen) atoms. The fourth-order valence-electron chi connectivity index (χ4n) is 9.21. The van der Waals surface area contributed by atoms with Gasteiger partial charge in [0.2, 0.25) is 0 Å². The summed E-state index contributed by atoms with van der Waals surface area (Å²) in [6, 6.07) is 7.17. The Kier molecular flexibility index (Phi) is 10.4. The van der Waals surface area contributed by atoms with Gasteiger partial charge in [-0.15, -0.1) is 11.8 Å². The summed E-state index contributed by atoms with van der Waals surface area (Å²) in [5, 5.41) is 51.0. The van der Waals surface area contributed by atoms with Crippen molar-refractivity contribution in [3.63, 3.8) is 0 Å². The maximum absolute atomic E-state index is 14.7. The second kappa shape index (κ2) is 13.6. The summed E-state index contributed by atoms with van der Waals surface area (Å²) < 4.78 is 23.2. The second-order valence-corrected chi connectivity index (χ2v) is 15.9. The van der Waals surface area contributed by atoms with Crippen molar-refractivity contribution in [2.24, 2.45) is 22.7 Å². The molecule has 0 radical (unpaired) electrons. The third kappa shape index (κ3) is 6.02. The van der Waals surface area contributed by atoms with Crippen LogP contribution in [0.5, 0.6) is 0 Å². The van der Waals surface area contributed by atoms with Crippen molar-refractivity contribution in [1.29, 1.82) is 0 Å². The number of nitrogens with one attached hydrogen (secondary N) is 1. The van der Waals surface area contributed by atoms with Gasteiger partial charge in [0.1, 0.15) is 17.8 Å². The summed E-state index contributed by atoms with van der Waals surface area (Å²) in [6.45, 7) is 11.9. The van der Waals surface area contributed by atoms with E-state index in [9.17, 15) is 34.8 Å². The van der Waals surface area contributed by atoms with Gasteiger partial charge >= 0.3 is 12.1 Å². The fourth-order valence-corrected chi connectivity index (χ4v) is 9.51. The Balaban J connectivity index is 1.55. The molecule has 272 valence electrons. The lowest BCUT2D eigenvalue weighted by atomic mass is 9.43. The van der Waals surface area contributed by atoms with Gasteiger partial charge in [-0.1, -0.05) is 51.1 Å². The van der Waals surface area contributed by atoms with Crippen molar-refractivity contribution < 1.29 is 53.8 Å². The second-order valence-electron chi connectivity index (χ2n) is 15.1. The van der Waals surface area contributed by atoms with E-state index in [-0.39, 0.29) is 31.0 Å². The standard InChI is InChI=1S/C36H51NO11S/c1-18(2)47-32(42)37-26(21-12-10-9-11-13-21)28(39)31(41)48-22-15-36(44)20(4)29-34(7,30(40)27(38)25(19(22)3)33(36,5)6)23(46-17-49-8)14-24-35(29,43)16-45-24/h9-13,18,20,22-24,26-29,38-39,43-44H,14-17H2,1-8H3,(H,37,42)/t20?,22?,23?,24?,26?,27?,28?,29?,34-,35?,36?/m1/s1. The Bertz CT molecular complexity index is 1470. The summed E-state index contributed by atoms with van der Waals surface area (Å²) in [6.07, 6.45) is -5.46. The van der Waals surface area contributed by atoms with Crippen molar-refractivity contribution in [3.8, 4) is 0 Å². The van der Waals surface area contributed by atoms with Gasteiger partial charge in [-0.3, -0.25) is 4.79 Å². The van der Waals surface area contributed by atoms with Crippen LogP contribution in [0.3, 0.4) is 0 Å². The van der Waals surface area contributed by atoms with Crippen LogP contribution in [-0.2, 0) is 28.5 Å². The number of esters is 1. The van der Waals surface area contributed by atoms with E-state index < -0.39 is 94.4 Å². The molecule has 4 aliphatic rings. The number of carbonyl (C=O) groups is 3. The molecule has 5 rings (SSSR count). The van der Waals surface area contributed by atoms with Crippen molar-refractivity contribution in [3.05, 3.63) is 47.0 Å². The zero-order valence-electron chi connectivity index (χ0n) is 29.5. The molecule has 10 unspecified atom stereocenters. The summed E-state index contributed by atoms with van der Waals surface area (Å²) in [5.74, 6) is -3.05. The first-order chi connectivity index (χ1) is 22.9. The maximum Gasteiger partial charge on any atom is 0.407 e. The van der Waals surface area contributed by atoms with Gasteiger partial charge in [0.05, 0.1) is 47.9 Å². The Hall–Kier alpha value is -2.52. The highest BCUT2D eigenvalue weighted by atomic mass is 32.2. The Morgan fingerprint density at radius 1 is 1.14 bits per heavy atom. The van der Waals surface area contributed by atoms with Crippen LogP contribution >= 0.6 is 11.8 Å². The molecule has 2 bridgehead atoms. The minimum Gasteiger partial charge on any atom is -0.456 e. The highest BCUT2D eigenvalue weighted by molar-refractivity contribution is 7.98. The Morgan fingerprint density at radius 2 is 1.80 bits per heavy atom. The number of ketones is 1. The fraction of sp³-hybridized carbons (Fsp3) is 0.694. The molecule has 12 nitrogen and oxygen atoms in total. The number of aliphatic hydroxyl groups is 4. The predicted molar refractivity (Wildman–Crippen MR) is 180 cm³/mol. The molecule has 3 fully saturated rings. The topological polar surface area (TPSA) is 181 Å². The molecule has 2 saturated carbocycles. The van der Waals surface area contributed by atoms with Crippen molar-refractivity contribution in [2.45, 2.75) is 115 Å². The van der Waals surface area contributed by atoms with E-state index in [0.717, 1.165) is 0 Å². The quantitative estimate of drug-likeness (QED) is 0.144. The zero-order valence-corrected chi connectivity index (χ0v) is 30.3. The molecule has 0 spiro atoms. The first kappa shape index (κ1) is 37.7. The van der Waals surface area contributed by atoms with Gasteiger partial charge in [0.15, 0.2) is 11.9 Å². The normalized spacial score (nSPS) is 37.9. The van der Waals surface area contributed by atoms with Crippen LogP contribution in [0, 0.1) is 22.7 Å². The van der Waals surface area contributed by atoms with Gasteiger partial charge in [0, 0.05) is 24.2 Å². The third-order valence-corrected chi connectivity index (χ3v) is 12.2. The predicted octanol–water partition coefficient (Wildman–Crippen LogP) is 3.05. The minimum atomic E-state index is -1.89. The van der Waals surface area contributed by atoms with Crippen LogP contribution < -0.4 is 5.32 Å². The van der Waals surface area contributed by atoms with E-state index in [1.807, 2.05) is 6.26 Å². The van der Waals surface area contributed by atoms with E-state index in [0.29, 0.717) is 11.1 Å². The molecule has 1 aromatic carbocycles. The van der Waals surface area contributed by atoms with Gasteiger partial charge in [0.25, 0.3) is 0 Å². The van der Waals surface area contributed by atoms with Crippen LogP contribution in [0.1, 0.15) is 72.9 Å². The molecule has 13 heteroatoms. The van der Waals surface area contributed by atoms with Crippen LogP contribution in [0.2, 0.25) is 0 Å². The highest BCUT2D eigenvalue weighted by Crippen LogP contribution is 2.64. The lowest BCUT2D eigenvalue weighted by molar-refractivity contribution is -0.338. The largest absolute Gasteiger partial charge is 0.456 e. The number of amides is 1. The van der Waals surface area contributed by atoms with E-state index in [2.05, 4.69) is 5.32 Å². The molecule has 3 aliphatic carbocycles. The number of benzene rings is 1. The number of thioether (sulfide) groups is 1. The number of fused-ring (bicyclic) bond motifs is 5. The number of carbonyl (C=O) groups excluding carboxylic acids is 3. The monoisotopic (exact) mass is 705 g/mol. The van der Waals surface area contributed by atoms with Gasteiger partial charge in [-0.25, -0.2) is 9.59 Å². The molecular weight excluding hydrogens is 654 g/mol. The molecule has 0 aromatic heterocycles. The van der Waals surface area contributed by atoms with Crippen LogP contribution in [0.15, 0.2) is 41.5 Å². The molecule has 1 aromatic rings. The highest BCUT2D eigenvalue weighted by Gasteiger charge is 2.74. The number of aliphatic hydroxyl groups excluding tert-OH is 2. The van der Waals surface area contributed by atoms with E-state index >= 15 is 0 Å². The number of rotatable bonds is 9. The number of hydrogen-bond acceptors (Lipinski definition) is 12. The van der Waals surface area contributed by atoms with Gasteiger partial charge in [-0.2, -0.15) is 0 Å². The smallest absolute Gasteiger partial charge is 0.407 e. The molecule has 1 heterocycles. The van der Waals surface area contributed by atoms with Crippen LogP contribution in [0.25, 0.3) is 0 Å².